The molecule has 1 fully saturated rings. The minimum absolute atomic E-state index is 0.109. The molecule has 4 aromatic heterocycles. The van der Waals surface area contributed by atoms with Crippen molar-refractivity contribution in [2.45, 2.75) is 44.8 Å². The van der Waals surface area contributed by atoms with Gasteiger partial charge in [-0.25, -0.2) is 14.8 Å². The number of carbonyl (C=O) groups is 2. The second-order valence-corrected chi connectivity index (χ2v) is 14.7. The predicted molar refractivity (Wildman–Crippen MR) is 196 cm³/mol. The van der Waals surface area contributed by atoms with Gasteiger partial charge in [-0.3, -0.25) is 4.79 Å². The number of hydrogen-bond donors (Lipinski definition) is 4. The van der Waals surface area contributed by atoms with Crippen LogP contribution >= 0.6 is 22.7 Å². The van der Waals surface area contributed by atoms with Crippen LogP contribution in [0.5, 0.6) is 0 Å². The van der Waals surface area contributed by atoms with Crippen molar-refractivity contribution in [3.05, 3.63) is 83.2 Å². The second-order valence-electron chi connectivity index (χ2n) is 12.9. The van der Waals surface area contributed by atoms with Crippen LogP contribution in [0.2, 0.25) is 0 Å². The summed E-state index contributed by atoms with van der Waals surface area (Å²) in [5, 5.41) is 10.7. The van der Waals surface area contributed by atoms with Crippen molar-refractivity contribution in [1.82, 2.24) is 35.5 Å². The largest absolute Gasteiger partial charge is 0.453 e. The Labute approximate surface area is 291 Å². The molecule has 0 bridgehead atoms. The molecule has 1 saturated heterocycles. The summed E-state index contributed by atoms with van der Waals surface area (Å²) in [5.41, 5.74) is 8.81. The van der Waals surface area contributed by atoms with Crippen LogP contribution in [-0.4, -0.2) is 63.1 Å². The normalized spacial score (nSPS) is 18.2. The summed E-state index contributed by atoms with van der Waals surface area (Å²) in [4.78, 5) is 43.6. The molecule has 2 aliphatic heterocycles. The maximum atomic E-state index is 13.5. The summed E-state index contributed by atoms with van der Waals surface area (Å²) in [6.45, 7) is 5.29. The molecule has 250 valence electrons. The van der Waals surface area contributed by atoms with E-state index in [2.05, 4.69) is 78.8 Å². The molecular weight excluding hydrogens is 655 g/mol. The van der Waals surface area contributed by atoms with E-state index in [1.165, 1.54) is 39.6 Å². The minimum atomic E-state index is -0.702. The van der Waals surface area contributed by atoms with E-state index in [1.54, 1.807) is 27.6 Å². The van der Waals surface area contributed by atoms with Gasteiger partial charge in [-0.1, -0.05) is 56.3 Å². The number of benzene rings is 2. The number of carbonyl (C=O) groups excluding carboxylic acids is 2. The topological polar surface area (TPSA) is 128 Å². The fourth-order valence-corrected chi connectivity index (χ4v) is 9.29. The standard InChI is InChI=1S/C37H37N7O3S2/c1-20(2)31(43-37(46)47-3)36(45)44-15-5-7-30(44)35-39-17-29(42-35)22-10-8-21(9-11-22)24-18-48-33-25(19-49-32(24)33)23-12-13-26-28(16-23)41-34(40-26)27-6-4-14-38-27/h5,7-13,16-20,27,30-31,38H,4,6,14-15H2,1-3H3,(H,39,42)(H,40,41)(H,43,46). The predicted octanol–water partition coefficient (Wildman–Crippen LogP) is 7.81. The molecule has 3 unspecified atom stereocenters. The fraction of sp³-hybridized carbons (Fsp3) is 0.297. The van der Waals surface area contributed by atoms with Gasteiger partial charge in [0.2, 0.25) is 5.91 Å². The average molecular weight is 692 g/mol. The molecule has 49 heavy (non-hydrogen) atoms. The van der Waals surface area contributed by atoms with Gasteiger partial charge >= 0.3 is 6.09 Å². The molecule has 0 saturated carbocycles. The number of methoxy groups -OCH3 is 1. The van der Waals surface area contributed by atoms with Crippen LogP contribution < -0.4 is 10.6 Å². The first kappa shape index (κ1) is 31.5. The van der Waals surface area contributed by atoms with Gasteiger partial charge in [0.25, 0.3) is 0 Å². The highest BCUT2D eigenvalue weighted by Gasteiger charge is 2.35. The average Bonchev–Trinajstić information content (AvgIpc) is 3.96. The number of ether oxygens (including phenoxy) is 1. The van der Waals surface area contributed by atoms with E-state index in [-0.39, 0.29) is 17.9 Å². The lowest BCUT2D eigenvalue weighted by Crippen LogP contribution is -2.51. The first-order chi connectivity index (χ1) is 23.9. The second kappa shape index (κ2) is 12.9. The third-order valence-corrected chi connectivity index (χ3v) is 11.7. The quantitative estimate of drug-likeness (QED) is 0.121. The number of hydrogen-bond acceptors (Lipinski definition) is 8. The van der Waals surface area contributed by atoms with Gasteiger partial charge < -0.3 is 30.2 Å². The highest BCUT2D eigenvalue weighted by molar-refractivity contribution is 7.27. The highest BCUT2D eigenvalue weighted by Crippen LogP contribution is 2.44. The number of amides is 2. The smallest absolute Gasteiger partial charge is 0.407 e. The molecule has 12 heteroatoms. The zero-order valence-corrected chi connectivity index (χ0v) is 29.1. The Morgan fingerprint density at radius 2 is 1.71 bits per heavy atom. The number of H-pyrrole nitrogens is 2. The van der Waals surface area contributed by atoms with Gasteiger partial charge in [0.05, 0.1) is 45.5 Å². The van der Waals surface area contributed by atoms with Crippen molar-refractivity contribution in [2.24, 2.45) is 5.92 Å². The van der Waals surface area contributed by atoms with E-state index in [0.29, 0.717) is 18.4 Å². The summed E-state index contributed by atoms with van der Waals surface area (Å²) in [6, 6.07) is 14.3. The van der Waals surface area contributed by atoms with Crippen molar-refractivity contribution in [1.29, 1.82) is 0 Å². The van der Waals surface area contributed by atoms with Crippen molar-refractivity contribution in [2.75, 3.05) is 20.2 Å². The maximum Gasteiger partial charge on any atom is 0.407 e. The van der Waals surface area contributed by atoms with E-state index in [9.17, 15) is 9.59 Å². The fourth-order valence-electron chi connectivity index (χ4n) is 6.83. The Balaban J connectivity index is 1.000. The number of rotatable bonds is 8. The van der Waals surface area contributed by atoms with E-state index < -0.39 is 12.1 Å². The van der Waals surface area contributed by atoms with Gasteiger partial charge in [0.15, 0.2) is 0 Å². The summed E-state index contributed by atoms with van der Waals surface area (Å²) in [5.74, 6) is 1.42. The van der Waals surface area contributed by atoms with Crippen LogP contribution in [0.3, 0.4) is 0 Å². The van der Waals surface area contributed by atoms with Gasteiger partial charge in [-0.2, -0.15) is 0 Å². The molecule has 0 radical (unpaired) electrons. The zero-order valence-electron chi connectivity index (χ0n) is 27.4. The number of aromatic nitrogens is 4. The molecule has 2 aromatic carbocycles. The first-order valence-electron chi connectivity index (χ1n) is 16.6. The highest BCUT2D eigenvalue weighted by atomic mass is 32.1. The molecule has 2 amide bonds. The molecule has 8 rings (SSSR count). The number of alkyl carbamates (subject to hydrolysis) is 1. The molecule has 2 aliphatic rings. The molecule has 3 atom stereocenters. The molecule has 0 aliphatic carbocycles. The summed E-state index contributed by atoms with van der Waals surface area (Å²) >= 11 is 3.57. The van der Waals surface area contributed by atoms with Crippen LogP contribution in [0.4, 0.5) is 4.79 Å². The van der Waals surface area contributed by atoms with E-state index >= 15 is 0 Å². The SMILES string of the molecule is COC(=O)NC(C(=O)N1CC=CC1c1ncc(-c2ccc(-c3csc4c(-c5ccc6nc(C7CCCN7)[nH]c6c5)csc34)cc2)[nH]1)C(C)C. The molecular formula is C37H37N7O3S2. The minimum Gasteiger partial charge on any atom is -0.453 e. The Kier molecular flexibility index (Phi) is 8.30. The van der Waals surface area contributed by atoms with Gasteiger partial charge in [0.1, 0.15) is 23.7 Å². The van der Waals surface area contributed by atoms with Gasteiger partial charge in [-0.05, 0) is 54.1 Å². The van der Waals surface area contributed by atoms with Crippen molar-refractivity contribution >= 4 is 55.1 Å². The van der Waals surface area contributed by atoms with Crippen molar-refractivity contribution in [3.63, 3.8) is 0 Å². The molecule has 0 spiro atoms. The summed E-state index contributed by atoms with van der Waals surface area (Å²) in [6.07, 6.45) is 7.41. The Morgan fingerprint density at radius 1 is 0.980 bits per heavy atom. The lowest BCUT2D eigenvalue weighted by Gasteiger charge is -2.29. The van der Waals surface area contributed by atoms with Crippen molar-refractivity contribution < 1.29 is 14.3 Å². The van der Waals surface area contributed by atoms with E-state index in [0.717, 1.165) is 46.6 Å². The van der Waals surface area contributed by atoms with Crippen LogP contribution in [0.1, 0.15) is 50.4 Å². The van der Waals surface area contributed by atoms with Crippen LogP contribution in [0.15, 0.2) is 71.6 Å². The Hall–Kier alpha value is -4.78. The maximum absolute atomic E-state index is 13.5. The number of imidazole rings is 2. The monoisotopic (exact) mass is 691 g/mol. The van der Waals surface area contributed by atoms with Crippen LogP contribution in [0, 0.1) is 5.92 Å². The van der Waals surface area contributed by atoms with E-state index in [4.69, 9.17) is 9.72 Å². The first-order valence-corrected chi connectivity index (χ1v) is 18.3. The number of aromatic amines is 2. The number of nitrogens with zero attached hydrogens (tertiary/aromatic N) is 3. The Bertz CT molecular complexity index is 2190. The third kappa shape index (κ3) is 5.83. The number of thiophene rings is 2. The lowest BCUT2D eigenvalue weighted by molar-refractivity contribution is -0.135. The molecule has 6 aromatic rings. The van der Waals surface area contributed by atoms with Crippen LogP contribution in [0.25, 0.3) is 53.9 Å². The summed E-state index contributed by atoms with van der Waals surface area (Å²) in [7, 11) is 1.29. The lowest BCUT2D eigenvalue weighted by atomic mass is 10.0. The number of fused-ring (bicyclic) bond motifs is 2. The third-order valence-electron chi connectivity index (χ3n) is 9.50. The molecule has 4 N–H and O–H groups in total. The van der Waals surface area contributed by atoms with Crippen molar-refractivity contribution in [3.8, 4) is 33.5 Å². The molecule has 10 nitrogen and oxygen atoms in total. The summed E-state index contributed by atoms with van der Waals surface area (Å²) < 4.78 is 7.33. The zero-order chi connectivity index (χ0) is 33.6. The molecule has 6 heterocycles. The van der Waals surface area contributed by atoms with E-state index in [1.807, 2.05) is 32.2 Å². The van der Waals surface area contributed by atoms with Gasteiger partial charge in [0, 0.05) is 28.4 Å². The van der Waals surface area contributed by atoms with Gasteiger partial charge in [-0.15, -0.1) is 22.7 Å². The number of nitrogens with one attached hydrogen (secondary N) is 4. The van der Waals surface area contributed by atoms with Crippen LogP contribution in [-0.2, 0) is 9.53 Å². The Morgan fingerprint density at radius 3 is 2.43 bits per heavy atom.